The second kappa shape index (κ2) is 9.52. The molecule has 1 N–H and O–H groups in total. The molecule has 4 aromatic rings. The third kappa shape index (κ3) is 4.51. The van der Waals surface area contributed by atoms with Gasteiger partial charge in [-0.15, -0.1) is 0 Å². The molecule has 0 spiro atoms. The van der Waals surface area contributed by atoms with E-state index in [1.807, 2.05) is 6.07 Å². The van der Waals surface area contributed by atoms with Gasteiger partial charge in [-0.25, -0.2) is 4.39 Å². The Balaban J connectivity index is 1.72. The number of benzene rings is 3. The van der Waals surface area contributed by atoms with Crippen molar-refractivity contribution in [2.24, 2.45) is 0 Å². The first-order valence-electron chi connectivity index (χ1n) is 10.3. The number of rotatable bonds is 6. The van der Waals surface area contributed by atoms with E-state index in [1.54, 1.807) is 73.6 Å². The molecule has 0 saturated heterocycles. The minimum atomic E-state index is -0.506. The number of carbonyl (C=O) groups is 1. The van der Waals surface area contributed by atoms with Gasteiger partial charge in [0.2, 0.25) is 0 Å². The number of nitrogens with zero attached hydrogens (tertiary/aromatic N) is 3. The Hall–Kier alpha value is -3.55. The molecule has 1 atom stereocenters. The summed E-state index contributed by atoms with van der Waals surface area (Å²) in [4.78, 5) is 28.1. The number of halogens is 2. The van der Waals surface area contributed by atoms with Crippen LogP contribution in [0.25, 0.3) is 16.5 Å². The number of hydrogen-bond acceptors (Lipinski definition) is 4. The van der Waals surface area contributed by atoms with Gasteiger partial charge in [0, 0.05) is 22.5 Å². The summed E-state index contributed by atoms with van der Waals surface area (Å²) in [6.07, 6.45) is 0. The molecule has 0 aliphatic rings. The first-order chi connectivity index (χ1) is 15.9. The summed E-state index contributed by atoms with van der Waals surface area (Å²) in [7, 11) is 3.56. The molecule has 0 bridgehead atoms. The van der Waals surface area contributed by atoms with Crippen LogP contribution in [0.15, 0.2) is 77.6 Å². The molecule has 1 amide bonds. The van der Waals surface area contributed by atoms with Gasteiger partial charge in [0.05, 0.1) is 17.1 Å². The van der Waals surface area contributed by atoms with Gasteiger partial charge >= 0.3 is 0 Å². The minimum Gasteiger partial charge on any atom is -0.349 e. The van der Waals surface area contributed by atoms with Crippen LogP contribution in [0.1, 0.15) is 22.1 Å². The van der Waals surface area contributed by atoms with Gasteiger partial charge in [-0.05, 0) is 44.4 Å². The molecule has 4 rings (SSSR count). The van der Waals surface area contributed by atoms with E-state index < -0.39 is 17.8 Å². The van der Waals surface area contributed by atoms with Crippen molar-refractivity contribution in [2.75, 3.05) is 20.6 Å². The van der Waals surface area contributed by atoms with Crippen molar-refractivity contribution in [1.29, 1.82) is 0 Å². The van der Waals surface area contributed by atoms with Crippen LogP contribution >= 0.6 is 11.6 Å². The van der Waals surface area contributed by atoms with Crippen LogP contribution in [-0.4, -0.2) is 41.2 Å². The standard InChI is InChI=1S/C25H22ClFN4O2/c1-30(2)21(22-19(26)13-8-14-20(22)27)15-28-24(32)23-17-11-6-7-12-18(17)25(33)31(29-23)16-9-4-3-5-10-16/h3-14,21H,15H2,1-2H3,(H,28,32). The van der Waals surface area contributed by atoms with Crippen LogP contribution in [0, 0.1) is 5.82 Å². The second-order valence-electron chi connectivity index (χ2n) is 7.77. The van der Waals surface area contributed by atoms with Crippen LogP contribution in [0.5, 0.6) is 0 Å². The Morgan fingerprint density at radius 1 is 1.03 bits per heavy atom. The molecule has 0 radical (unpaired) electrons. The van der Waals surface area contributed by atoms with E-state index in [1.165, 1.54) is 16.8 Å². The summed E-state index contributed by atoms with van der Waals surface area (Å²) in [6.45, 7) is 0.0902. The predicted molar refractivity (Wildman–Crippen MR) is 128 cm³/mol. The summed E-state index contributed by atoms with van der Waals surface area (Å²) >= 11 is 6.26. The Bertz CT molecular complexity index is 1350. The van der Waals surface area contributed by atoms with Crippen molar-refractivity contribution in [2.45, 2.75) is 6.04 Å². The molecule has 0 saturated carbocycles. The van der Waals surface area contributed by atoms with E-state index in [0.717, 1.165) is 0 Å². The lowest BCUT2D eigenvalue weighted by molar-refractivity contribution is 0.0936. The summed E-state index contributed by atoms with van der Waals surface area (Å²) < 4.78 is 15.7. The lowest BCUT2D eigenvalue weighted by Gasteiger charge is -2.26. The molecule has 1 heterocycles. The van der Waals surface area contributed by atoms with E-state index in [0.29, 0.717) is 22.0 Å². The number of carbonyl (C=O) groups excluding carboxylic acids is 1. The molecule has 0 aliphatic carbocycles. The zero-order valence-corrected chi connectivity index (χ0v) is 18.9. The maximum absolute atomic E-state index is 14.5. The minimum absolute atomic E-state index is 0.0902. The normalized spacial score (nSPS) is 12.2. The average Bonchev–Trinajstić information content (AvgIpc) is 2.81. The lowest BCUT2D eigenvalue weighted by atomic mass is 10.0. The Labute approximate surface area is 195 Å². The van der Waals surface area contributed by atoms with Gasteiger partial charge in [-0.2, -0.15) is 9.78 Å². The highest BCUT2D eigenvalue weighted by Gasteiger charge is 2.24. The fraction of sp³-hybridized carbons (Fsp3) is 0.160. The summed E-state index contributed by atoms with van der Waals surface area (Å²) in [5.41, 5.74) is 0.631. The highest BCUT2D eigenvalue weighted by atomic mass is 35.5. The number of fused-ring (bicyclic) bond motifs is 1. The third-order valence-corrected chi connectivity index (χ3v) is 5.76. The molecular weight excluding hydrogens is 443 g/mol. The van der Waals surface area contributed by atoms with Crippen LogP contribution in [-0.2, 0) is 0 Å². The fourth-order valence-corrected chi connectivity index (χ4v) is 4.04. The quantitative estimate of drug-likeness (QED) is 0.464. The summed E-state index contributed by atoms with van der Waals surface area (Å²) in [5, 5.41) is 8.32. The highest BCUT2D eigenvalue weighted by molar-refractivity contribution is 6.31. The molecule has 6 nitrogen and oxygen atoms in total. The lowest BCUT2D eigenvalue weighted by Crippen LogP contribution is -2.36. The van der Waals surface area contributed by atoms with Crippen molar-refractivity contribution < 1.29 is 9.18 Å². The molecule has 0 aliphatic heterocycles. The number of hydrogen-bond donors (Lipinski definition) is 1. The van der Waals surface area contributed by atoms with Crippen molar-refractivity contribution >= 4 is 28.3 Å². The van der Waals surface area contributed by atoms with Crippen molar-refractivity contribution in [3.05, 3.63) is 105 Å². The van der Waals surface area contributed by atoms with E-state index >= 15 is 0 Å². The average molecular weight is 465 g/mol. The Morgan fingerprint density at radius 3 is 2.36 bits per heavy atom. The zero-order chi connectivity index (χ0) is 23.5. The topological polar surface area (TPSA) is 67.2 Å². The Kier molecular flexibility index (Phi) is 6.53. The van der Waals surface area contributed by atoms with Crippen molar-refractivity contribution in [3.8, 4) is 5.69 Å². The molecule has 1 aromatic heterocycles. The molecule has 168 valence electrons. The number of amides is 1. The maximum Gasteiger partial charge on any atom is 0.279 e. The van der Waals surface area contributed by atoms with Gasteiger partial charge < -0.3 is 10.2 Å². The van der Waals surface area contributed by atoms with Gasteiger partial charge in [0.1, 0.15) is 5.82 Å². The SMILES string of the molecule is CN(C)C(CNC(=O)c1nn(-c2ccccc2)c(=O)c2ccccc12)c1c(F)cccc1Cl. The van der Waals surface area contributed by atoms with Gasteiger partial charge in [-0.3, -0.25) is 9.59 Å². The number of likely N-dealkylation sites (N-methyl/N-ethyl adjacent to an activating group) is 1. The largest absolute Gasteiger partial charge is 0.349 e. The monoisotopic (exact) mass is 464 g/mol. The first-order valence-corrected chi connectivity index (χ1v) is 10.7. The molecule has 8 heteroatoms. The van der Waals surface area contributed by atoms with Crippen LogP contribution < -0.4 is 10.9 Å². The van der Waals surface area contributed by atoms with E-state index in [9.17, 15) is 14.0 Å². The smallest absolute Gasteiger partial charge is 0.279 e. The van der Waals surface area contributed by atoms with Gasteiger partial charge in [-0.1, -0.05) is 54.1 Å². The second-order valence-corrected chi connectivity index (χ2v) is 8.18. The van der Waals surface area contributed by atoms with Crippen LogP contribution in [0.4, 0.5) is 4.39 Å². The van der Waals surface area contributed by atoms with Crippen molar-refractivity contribution in [1.82, 2.24) is 20.0 Å². The number of nitrogens with one attached hydrogen (secondary N) is 1. The number of para-hydroxylation sites is 1. The molecule has 33 heavy (non-hydrogen) atoms. The maximum atomic E-state index is 14.5. The van der Waals surface area contributed by atoms with Gasteiger partial charge in [0.25, 0.3) is 11.5 Å². The zero-order valence-electron chi connectivity index (χ0n) is 18.1. The molecular formula is C25H22ClFN4O2. The number of aromatic nitrogens is 2. The van der Waals surface area contributed by atoms with E-state index in [2.05, 4.69) is 10.4 Å². The van der Waals surface area contributed by atoms with Crippen molar-refractivity contribution in [3.63, 3.8) is 0 Å². The predicted octanol–water partition coefficient (Wildman–Crippen LogP) is 4.21. The first kappa shape index (κ1) is 22.6. The summed E-state index contributed by atoms with van der Waals surface area (Å²) in [5.74, 6) is -0.924. The fourth-order valence-electron chi connectivity index (χ4n) is 3.75. The highest BCUT2D eigenvalue weighted by Crippen LogP contribution is 2.28. The van der Waals surface area contributed by atoms with E-state index in [-0.39, 0.29) is 22.8 Å². The van der Waals surface area contributed by atoms with Gasteiger partial charge in [0.15, 0.2) is 5.69 Å². The Morgan fingerprint density at radius 2 is 1.70 bits per heavy atom. The summed E-state index contributed by atoms with van der Waals surface area (Å²) in [6, 6.07) is 19.7. The molecule has 1 unspecified atom stereocenters. The van der Waals surface area contributed by atoms with Crippen LogP contribution in [0.3, 0.4) is 0 Å². The third-order valence-electron chi connectivity index (χ3n) is 5.43. The molecule has 3 aromatic carbocycles. The molecule has 0 fully saturated rings. The van der Waals surface area contributed by atoms with Crippen LogP contribution in [0.2, 0.25) is 5.02 Å². The van der Waals surface area contributed by atoms with E-state index in [4.69, 9.17) is 11.6 Å².